The van der Waals surface area contributed by atoms with E-state index in [1.165, 1.54) is 49.1 Å². The molecule has 4 aliphatic carbocycles. The van der Waals surface area contributed by atoms with Gasteiger partial charge in [-0.15, -0.1) is 0 Å². The second kappa shape index (κ2) is 9.55. The summed E-state index contributed by atoms with van der Waals surface area (Å²) in [6.45, 7) is 1.18. The molecule has 6 rings (SSSR count). The van der Waals surface area contributed by atoms with Crippen LogP contribution in [-0.4, -0.2) is 72.2 Å². The molecule has 8 nitrogen and oxygen atoms in total. The summed E-state index contributed by atoms with van der Waals surface area (Å²) in [7, 11) is 1.30. The van der Waals surface area contributed by atoms with E-state index in [-0.39, 0.29) is 35.6 Å². The number of rotatable bonds is 7. The van der Waals surface area contributed by atoms with Gasteiger partial charge in [-0.2, -0.15) is 0 Å². The van der Waals surface area contributed by atoms with Crippen LogP contribution in [0.5, 0.6) is 0 Å². The zero-order valence-electron chi connectivity index (χ0n) is 19.8. The molecule has 2 saturated heterocycles. The van der Waals surface area contributed by atoms with Crippen LogP contribution in [0.1, 0.15) is 57.8 Å². The highest BCUT2D eigenvalue weighted by Crippen LogP contribution is 2.60. The fourth-order valence-corrected chi connectivity index (χ4v) is 8.31. The Balaban J connectivity index is 1.14. The molecule has 186 valence electrons. The first-order valence-corrected chi connectivity index (χ1v) is 13.6. The predicted octanol–water partition coefficient (Wildman–Crippen LogP) is 2.72. The van der Waals surface area contributed by atoms with Crippen molar-refractivity contribution < 1.29 is 28.7 Å². The molecule has 2 amide bonds. The average molecular weight is 491 g/mol. The highest BCUT2D eigenvalue weighted by molar-refractivity contribution is 8.04. The second-order valence-corrected chi connectivity index (χ2v) is 11.7. The zero-order chi connectivity index (χ0) is 23.9. The summed E-state index contributed by atoms with van der Waals surface area (Å²) in [5.41, 5.74) is -0.242. The highest BCUT2D eigenvalue weighted by Gasteiger charge is 2.57. The monoisotopic (exact) mass is 490 g/mol. The van der Waals surface area contributed by atoms with Crippen molar-refractivity contribution in [2.24, 2.45) is 23.2 Å². The molecule has 0 N–H and O–H groups in total. The number of carbonyl (C=O) groups is 4. The van der Waals surface area contributed by atoms with Crippen molar-refractivity contribution in [2.75, 3.05) is 32.6 Å². The Kier molecular flexibility index (Phi) is 6.66. The number of carbonyl (C=O) groups excluding carboxylic acids is 4. The fraction of sp³-hybridized carbons (Fsp3) is 0.760. The minimum atomic E-state index is -0.501. The van der Waals surface area contributed by atoms with Gasteiger partial charge in [0, 0.05) is 13.1 Å². The molecule has 0 aromatic heterocycles. The lowest BCUT2D eigenvalue weighted by Crippen LogP contribution is -2.56. The smallest absolute Gasteiger partial charge is 0.333 e. The minimum Gasteiger partial charge on any atom is -0.466 e. The molecule has 2 heterocycles. The van der Waals surface area contributed by atoms with Gasteiger partial charge in [-0.1, -0.05) is 11.8 Å². The van der Waals surface area contributed by atoms with E-state index in [9.17, 15) is 19.2 Å². The zero-order valence-corrected chi connectivity index (χ0v) is 20.6. The summed E-state index contributed by atoms with van der Waals surface area (Å²) in [6.07, 6.45) is 10.1. The molecule has 4 bridgehead atoms. The Labute approximate surface area is 204 Å². The first kappa shape index (κ1) is 23.7. The largest absolute Gasteiger partial charge is 0.466 e. The van der Waals surface area contributed by atoms with Crippen molar-refractivity contribution in [1.29, 1.82) is 0 Å². The average Bonchev–Trinajstić information content (AvgIpc) is 3.42. The molecular formula is C25H34N2O6S. The molecule has 4 saturated carbocycles. The van der Waals surface area contributed by atoms with Crippen LogP contribution in [-0.2, 0) is 28.7 Å². The van der Waals surface area contributed by atoms with Crippen molar-refractivity contribution >= 4 is 35.5 Å². The number of amides is 2. The first-order valence-electron chi connectivity index (χ1n) is 12.6. The molecule has 6 fully saturated rings. The standard InChI is InChI=1S/C25H34N2O6S/c1-32-22(29)11-21-27(20(28)15-34-21)6-3-7-33-23(30)19-4-2-5-26(19)24(31)25-12-16-8-17(13-25)10-18(9-16)14-25/h11,16-19H,2-10,12-15H2,1H3/b21-11+. The van der Waals surface area contributed by atoms with E-state index in [1.807, 2.05) is 4.90 Å². The maximum absolute atomic E-state index is 13.7. The van der Waals surface area contributed by atoms with Crippen molar-refractivity contribution in [3.05, 3.63) is 11.1 Å². The number of thioether (sulfide) groups is 1. The van der Waals surface area contributed by atoms with E-state index in [2.05, 4.69) is 4.74 Å². The summed E-state index contributed by atoms with van der Waals surface area (Å²) in [5, 5.41) is 0.561. The molecule has 0 spiro atoms. The topological polar surface area (TPSA) is 93.2 Å². The summed E-state index contributed by atoms with van der Waals surface area (Å²) < 4.78 is 10.2. The van der Waals surface area contributed by atoms with Crippen LogP contribution < -0.4 is 0 Å². The van der Waals surface area contributed by atoms with Gasteiger partial charge in [0.2, 0.25) is 11.8 Å². The lowest BCUT2D eigenvalue weighted by molar-refractivity contribution is -0.165. The number of nitrogens with zero attached hydrogens (tertiary/aromatic N) is 2. The van der Waals surface area contributed by atoms with E-state index < -0.39 is 12.0 Å². The van der Waals surface area contributed by atoms with Crippen LogP contribution in [0.4, 0.5) is 0 Å². The maximum atomic E-state index is 13.7. The number of hydrogen-bond acceptors (Lipinski definition) is 7. The number of likely N-dealkylation sites (tertiary alicyclic amines) is 1. The Hall–Kier alpha value is -2.03. The third-order valence-corrected chi connectivity index (χ3v) is 9.43. The van der Waals surface area contributed by atoms with Gasteiger partial charge in [0.05, 0.1) is 36.0 Å². The first-order chi connectivity index (χ1) is 16.4. The molecule has 0 aromatic rings. The van der Waals surface area contributed by atoms with Crippen LogP contribution in [0, 0.1) is 23.2 Å². The molecule has 1 unspecified atom stereocenters. The van der Waals surface area contributed by atoms with Crippen LogP contribution in [0.25, 0.3) is 0 Å². The van der Waals surface area contributed by atoms with Crippen LogP contribution in [0.15, 0.2) is 11.1 Å². The fourth-order valence-electron chi connectivity index (χ4n) is 7.35. The lowest BCUT2D eigenvalue weighted by atomic mass is 9.49. The summed E-state index contributed by atoms with van der Waals surface area (Å²) in [4.78, 5) is 53.7. The third kappa shape index (κ3) is 4.48. The Morgan fingerprint density at radius 1 is 1.12 bits per heavy atom. The highest BCUT2D eigenvalue weighted by atomic mass is 32.2. The van der Waals surface area contributed by atoms with E-state index in [4.69, 9.17) is 4.74 Å². The number of esters is 2. The predicted molar refractivity (Wildman–Crippen MR) is 125 cm³/mol. The Bertz CT molecular complexity index is 867. The van der Waals surface area contributed by atoms with Gasteiger partial charge in [0.25, 0.3) is 0 Å². The van der Waals surface area contributed by atoms with Gasteiger partial charge in [-0.3, -0.25) is 9.59 Å². The van der Waals surface area contributed by atoms with E-state index in [1.54, 1.807) is 0 Å². The van der Waals surface area contributed by atoms with Crippen LogP contribution >= 0.6 is 11.8 Å². The molecule has 6 aliphatic rings. The molecule has 1 atom stereocenters. The summed E-state index contributed by atoms with van der Waals surface area (Å²) >= 11 is 1.30. The summed E-state index contributed by atoms with van der Waals surface area (Å²) in [5.74, 6) is 1.64. The van der Waals surface area contributed by atoms with Gasteiger partial charge in [0.15, 0.2) is 0 Å². The quantitative estimate of drug-likeness (QED) is 0.308. The maximum Gasteiger partial charge on any atom is 0.333 e. The molecule has 9 heteroatoms. The minimum absolute atomic E-state index is 0.0744. The molecular weight excluding hydrogens is 456 g/mol. The van der Waals surface area contributed by atoms with Crippen LogP contribution in [0.2, 0.25) is 0 Å². The van der Waals surface area contributed by atoms with Gasteiger partial charge in [-0.05, 0) is 75.5 Å². The Morgan fingerprint density at radius 3 is 2.44 bits per heavy atom. The Morgan fingerprint density at radius 2 is 1.79 bits per heavy atom. The van der Waals surface area contributed by atoms with Crippen molar-refractivity contribution in [3.63, 3.8) is 0 Å². The van der Waals surface area contributed by atoms with Crippen molar-refractivity contribution in [2.45, 2.75) is 63.8 Å². The molecule has 2 aliphatic heterocycles. The molecule has 0 aromatic carbocycles. The van der Waals surface area contributed by atoms with Crippen molar-refractivity contribution in [1.82, 2.24) is 9.80 Å². The third-order valence-electron chi connectivity index (χ3n) is 8.40. The normalized spacial score (nSPS) is 35.3. The van der Waals surface area contributed by atoms with Gasteiger partial charge < -0.3 is 19.3 Å². The molecule has 0 radical (unpaired) electrons. The van der Waals surface area contributed by atoms with Gasteiger partial charge >= 0.3 is 11.9 Å². The molecule has 34 heavy (non-hydrogen) atoms. The lowest BCUT2D eigenvalue weighted by Gasteiger charge is -2.56. The number of hydrogen-bond donors (Lipinski definition) is 0. The van der Waals surface area contributed by atoms with E-state index in [0.717, 1.165) is 25.7 Å². The second-order valence-electron chi connectivity index (χ2n) is 10.7. The SMILES string of the molecule is COC(=O)/C=C1/SCC(=O)N1CCCOC(=O)C1CCCN1C(=O)C12CC3CC(CC(C3)C1)C2. The van der Waals surface area contributed by atoms with Crippen molar-refractivity contribution in [3.8, 4) is 0 Å². The summed E-state index contributed by atoms with van der Waals surface area (Å²) in [6, 6.07) is -0.487. The van der Waals surface area contributed by atoms with E-state index >= 15 is 0 Å². The van der Waals surface area contributed by atoms with E-state index in [0.29, 0.717) is 48.7 Å². The number of ether oxygens (including phenoxy) is 2. The van der Waals surface area contributed by atoms with Crippen LogP contribution in [0.3, 0.4) is 0 Å². The van der Waals surface area contributed by atoms with Gasteiger partial charge in [-0.25, -0.2) is 9.59 Å². The number of methoxy groups -OCH3 is 1. The van der Waals surface area contributed by atoms with Gasteiger partial charge in [0.1, 0.15) is 6.04 Å².